The van der Waals surface area contributed by atoms with Crippen LogP contribution in [0, 0.1) is 0 Å². The smallest absolute Gasteiger partial charge is 0.160 e. The molecule has 79 heavy (non-hydrogen) atoms. The zero-order chi connectivity index (χ0) is 52.3. The zero-order valence-corrected chi connectivity index (χ0v) is 43.7. The van der Waals surface area contributed by atoms with E-state index in [1.54, 1.807) is 0 Å². The van der Waals surface area contributed by atoms with Gasteiger partial charge in [0.05, 0.1) is 33.3 Å². The molecule has 1 aliphatic rings. The maximum absolute atomic E-state index is 5.48. The molecule has 4 nitrogen and oxygen atoms in total. The summed E-state index contributed by atoms with van der Waals surface area (Å²) in [4.78, 5) is 10.9. The monoisotopic (exact) mass is 1010 g/mol. The average molecular weight is 1010 g/mol. The number of benzene rings is 12. The van der Waals surface area contributed by atoms with Gasteiger partial charge in [-0.15, -0.1) is 0 Å². The summed E-state index contributed by atoms with van der Waals surface area (Å²) in [6.45, 7) is 4.82. The summed E-state index contributed by atoms with van der Waals surface area (Å²) in [5.74, 6) is 0.677. The summed E-state index contributed by atoms with van der Waals surface area (Å²) in [5, 5.41) is 8.47. The first-order chi connectivity index (χ1) is 38.9. The van der Waals surface area contributed by atoms with Crippen LogP contribution >= 0.6 is 0 Å². The predicted octanol–water partition coefficient (Wildman–Crippen LogP) is 19.6. The van der Waals surface area contributed by atoms with Crippen molar-refractivity contribution in [1.29, 1.82) is 0 Å². The van der Waals surface area contributed by atoms with Crippen molar-refractivity contribution in [2.24, 2.45) is 0 Å². The minimum Gasteiger partial charge on any atom is -0.309 e. The molecule has 0 spiro atoms. The summed E-state index contributed by atoms with van der Waals surface area (Å²) in [5.41, 5.74) is 22.6. The Kier molecular flexibility index (Phi) is 9.95. The van der Waals surface area contributed by atoms with Gasteiger partial charge < -0.3 is 9.13 Å². The quantitative estimate of drug-likeness (QED) is 0.159. The van der Waals surface area contributed by atoms with Gasteiger partial charge in [0, 0.05) is 54.8 Å². The summed E-state index contributed by atoms with van der Waals surface area (Å²) in [6, 6.07) is 97.6. The van der Waals surface area contributed by atoms with E-state index < -0.39 is 0 Å². The van der Waals surface area contributed by atoms with Crippen LogP contribution in [-0.2, 0) is 5.41 Å². The van der Waals surface area contributed by atoms with Crippen LogP contribution in [0.4, 0.5) is 0 Å². The van der Waals surface area contributed by atoms with E-state index in [0.717, 1.165) is 66.8 Å². The Bertz CT molecular complexity index is 4970. The Balaban J connectivity index is 0.965. The van der Waals surface area contributed by atoms with Crippen LogP contribution in [0.3, 0.4) is 0 Å². The standard InChI is InChI=1S/C75H50N4/c1-75(2)66-46-71-65(45-62(66)60-36-33-48-21-12-13-28-58(48)72(60)75)64-44-53(52-34-37-69-63(43-52)59-29-15-17-32-68(59)78(69)56-26-10-5-11-27-56)35-38-70(64)79(71)57-41-54(51-25-18-24-50(39-51)47-19-6-3-7-20-47)40-55(42-57)74-76-67-31-16-14-30-61(67)73(77-74)49-22-8-4-9-23-49/h3-46H,1-2H3. The summed E-state index contributed by atoms with van der Waals surface area (Å²) in [6.07, 6.45) is 0. The molecule has 0 amide bonds. The largest absolute Gasteiger partial charge is 0.309 e. The number of hydrogen-bond donors (Lipinski definition) is 0. The van der Waals surface area contributed by atoms with Gasteiger partial charge >= 0.3 is 0 Å². The van der Waals surface area contributed by atoms with E-state index >= 15 is 0 Å². The highest BCUT2D eigenvalue weighted by atomic mass is 15.0. The van der Waals surface area contributed by atoms with Crippen LogP contribution in [0.15, 0.2) is 267 Å². The maximum atomic E-state index is 5.48. The fourth-order valence-electron chi connectivity index (χ4n) is 13.1. The lowest BCUT2D eigenvalue weighted by atomic mass is 9.80. The van der Waals surface area contributed by atoms with Crippen LogP contribution in [0.2, 0.25) is 0 Å². The van der Waals surface area contributed by atoms with Gasteiger partial charge in [0.2, 0.25) is 0 Å². The van der Waals surface area contributed by atoms with Gasteiger partial charge in [0.1, 0.15) is 0 Å². The molecule has 0 aliphatic heterocycles. The van der Waals surface area contributed by atoms with E-state index in [0.29, 0.717) is 5.82 Å². The topological polar surface area (TPSA) is 35.6 Å². The average Bonchev–Trinajstić information content (AvgIpc) is 3.54. The molecule has 0 atom stereocenters. The van der Waals surface area contributed by atoms with Gasteiger partial charge in [-0.05, 0) is 151 Å². The van der Waals surface area contributed by atoms with Gasteiger partial charge in [0.15, 0.2) is 5.82 Å². The van der Waals surface area contributed by atoms with E-state index in [1.807, 2.05) is 0 Å². The van der Waals surface area contributed by atoms with Crippen molar-refractivity contribution in [1.82, 2.24) is 19.1 Å². The third kappa shape index (κ3) is 7.08. The fraction of sp³-hybridized carbons (Fsp3) is 0.0400. The lowest BCUT2D eigenvalue weighted by Crippen LogP contribution is -2.15. The minimum absolute atomic E-state index is 0.266. The molecule has 0 radical (unpaired) electrons. The normalized spacial score (nSPS) is 12.8. The van der Waals surface area contributed by atoms with E-state index in [-0.39, 0.29) is 5.41 Å². The number of aromatic nitrogens is 4. The van der Waals surface area contributed by atoms with E-state index in [1.165, 1.54) is 82.3 Å². The second-order valence-electron chi connectivity index (χ2n) is 21.7. The number of hydrogen-bond acceptors (Lipinski definition) is 2. The Morgan fingerprint density at radius 2 is 0.848 bits per heavy atom. The van der Waals surface area contributed by atoms with Crippen LogP contribution in [-0.4, -0.2) is 19.1 Å². The molecule has 0 N–H and O–H groups in total. The van der Waals surface area contributed by atoms with Crippen molar-refractivity contribution in [3.05, 3.63) is 278 Å². The molecule has 3 heterocycles. The molecule has 1 aliphatic carbocycles. The van der Waals surface area contributed by atoms with Crippen molar-refractivity contribution in [2.75, 3.05) is 0 Å². The molecule has 0 bridgehead atoms. The Labute approximate surface area is 457 Å². The lowest BCUT2D eigenvalue weighted by Gasteiger charge is -2.23. The SMILES string of the molecule is CC1(C)c2cc3c(cc2-c2ccc4ccccc4c21)c1cc(-c2ccc4c(c2)c2ccccc2n4-c2ccccc2)ccc1n3-c1cc(-c2cccc(-c3ccccc3)c2)cc(-c2nc(-c3ccccc3)c3ccccc3n2)c1. The van der Waals surface area contributed by atoms with Crippen molar-refractivity contribution in [3.63, 3.8) is 0 Å². The molecule has 0 saturated carbocycles. The van der Waals surface area contributed by atoms with Crippen molar-refractivity contribution >= 4 is 65.3 Å². The molecule has 4 heteroatoms. The Hall–Kier alpha value is -10.2. The fourth-order valence-corrected chi connectivity index (χ4v) is 13.1. The third-order valence-electron chi connectivity index (χ3n) is 16.8. The summed E-state index contributed by atoms with van der Waals surface area (Å²) >= 11 is 0. The third-order valence-corrected chi connectivity index (χ3v) is 16.8. The highest BCUT2D eigenvalue weighted by Gasteiger charge is 2.38. The maximum Gasteiger partial charge on any atom is 0.160 e. The number of para-hydroxylation sites is 3. The highest BCUT2D eigenvalue weighted by molar-refractivity contribution is 6.15. The van der Waals surface area contributed by atoms with Crippen molar-refractivity contribution in [3.8, 4) is 78.5 Å². The molecule has 0 unspecified atom stereocenters. The van der Waals surface area contributed by atoms with Crippen molar-refractivity contribution < 1.29 is 0 Å². The first-order valence-electron chi connectivity index (χ1n) is 27.3. The molecule has 16 rings (SSSR count). The molecule has 370 valence electrons. The van der Waals surface area contributed by atoms with Gasteiger partial charge in [-0.25, -0.2) is 9.97 Å². The van der Waals surface area contributed by atoms with Crippen LogP contribution in [0.1, 0.15) is 25.0 Å². The molecule has 0 saturated heterocycles. The zero-order valence-electron chi connectivity index (χ0n) is 43.7. The minimum atomic E-state index is -0.266. The van der Waals surface area contributed by atoms with E-state index in [9.17, 15) is 0 Å². The summed E-state index contributed by atoms with van der Waals surface area (Å²) in [7, 11) is 0. The van der Waals surface area contributed by atoms with Crippen LogP contribution in [0.25, 0.3) is 144 Å². The lowest BCUT2D eigenvalue weighted by molar-refractivity contribution is 0.667. The van der Waals surface area contributed by atoms with Gasteiger partial charge in [-0.1, -0.05) is 196 Å². The van der Waals surface area contributed by atoms with Crippen LogP contribution in [0.5, 0.6) is 0 Å². The number of rotatable bonds is 7. The molecule has 0 fully saturated rings. The Morgan fingerprint density at radius 3 is 1.61 bits per heavy atom. The molecule has 15 aromatic rings. The molecule has 3 aromatic heterocycles. The molecular weight excluding hydrogens is 957 g/mol. The Morgan fingerprint density at radius 1 is 0.304 bits per heavy atom. The number of fused-ring (bicyclic) bond motifs is 12. The summed E-state index contributed by atoms with van der Waals surface area (Å²) < 4.78 is 4.90. The van der Waals surface area contributed by atoms with E-state index in [4.69, 9.17) is 9.97 Å². The molecular formula is C75H50N4. The van der Waals surface area contributed by atoms with E-state index in [2.05, 4.69) is 290 Å². The van der Waals surface area contributed by atoms with Crippen molar-refractivity contribution in [2.45, 2.75) is 19.3 Å². The van der Waals surface area contributed by atoms with Gasteiger partial charge in [-0.2, -0.15) is 0 Å². The molecule has 12 aromatic carbocycles. The second-order valence-corrected chi connectivity index (χ2v) is 21.7. The second kappa shape index (κ2) is 17.4. The van der Waals surface area contributed by atoms with Gasteiger partial charge in [0.25, 0.3) is 0 Å². The first kappa shape index (κ1) is 45.1. The van der Waals surface area contributed by atoms with Crippen LogP contribution < -0.4 is 0 Å². The van der Waals surface area contributed by atoms with Gasteiger partial charge in [-0.3, -0.25) is 0 Å². The first-order valence-corrected chi connectivity index (χ1v) is 27.3. The highest BCUT2D eigenvalue weighted by Crippen LogP contribution is 2.54. The number of nitrogens with zero attached hydrogens (tertiary/aromatic N) is 4. The predicted molar refractivity (Wildman–Crippen MR) is 330 cm³/mol.